The Hall–Kier alpha value is -2.36. The zero-order chi connectivity index (χ0) is 14.0. The molecule has 4 heteroatoms. The van der Waals surface area contributed by atoms with E-state index in [1.807, 2.05) is 32.0 Å². The molecule has 0 bridgehead atoms. The SMILES string of the molecule is COC(=O)/C=C1\OC(c2ccc(C)cc2C)=CC1=O. The number of esters is 1. The zero-order valence-electron chi connectivity index (χ0n) is 11.0. The van der Waals surface area contributed by atoms with E-state index in [4.69, 9.17) is 4.74 Å². The molecule has 1 aliphatic heterocycles. The third kappa shape index (κ3) is 2.73. The third-order valence-corrected chi connectivity index (χ3v) is 2.82. The number of aryl methyl sites for hydroxylation is 2. The zero-order valence-corrected chi connectivity index (χ0v) is 11.0. The molecule has 0 N–H and O–H groups in total. The number of ether oxygens (including phenoxy) is 2. The Labute approximate surface area is 111 Å². The summed E-state index contributed by atoms with van der Waals surface area (Å²) in [6.07, 6.45) is 2.43. The topological polar surface area (TPSA) is 52.6 Å². The minimum Gasteiger partial charge on any atom is -0.466 e. The Kier molecular flexibility index (Phi) is 3.51. The van der Waals surface area contributed by atoms with Gasteiger partial charge < -0.3 is 9.47 Å². The largest absolute Gasteiger partial charge is 0.466 e. The number of rotatable bonds is 2. The van der Waals surface area contributed by atoms with Crippen molar-refractivity contribution in [2.75, 3.05) is 7.11 Å². The molecule has 1 aromatic carbocycles. The molecule has 0 amide bonds. The van der Waals surface area contributed by atoms with Gasteiger partial charge >= 0.3 is 5.97 Å². The van der Waals surface area contributed by atoms with Crippen LogP contribution in [0.25, 0.3) is 5.76 Å². The normalized spacial score (nSPS) is 16.3. The molecule has 4 nitrogen and oxygen atoms in total. The number of hydrogen-bond donors (Lipinski definition) is 0. The Morgan fingerprint density at radius 2 is 2.05 bits per heavy atom. The molecule has 1 aliphatic rings. The van der Waals surface area contributed by atoms with Gasteiger partial charge in [-0.15, -0.1) is 0 Å². The van der Waals surface area contributed by atoms with Crippen molar-refractivity contribution in [2.45, 2.75) is 13.8 Å². The second-order valence-electron chi connectivity index (χ2n) is 4.33. The summed E-state index contributed by atoms with van der Waals surface area (Å²) in [5.41, 5.74) is 2.99. The van der Waals surface area contributed by atoms with Crippen molar-refractivity contribution in [2.24, 2.45) is 0 Å². The van der Waals surface area contributed by atoms with Crippen LogP contribution in [-0.2, 0) is 19.1 Å². The van der Waals surface area contributed by atoms with Gasteiger partial charge in [0, 0.05) is 11.6 Å². The molecule has 0 spiro atoms. The summed E-state index contributed by atoms with van der Waals surface area (Å²) in [5.74, 6) is -0.501. The molecule has 1 heterocycles. The first kappa shape index (κ1) is 13.1. The Morgan fingerprint density at radius 1 is 1.32 bits per heavy atom. The van der Waals surface area contributed by atoms with Gasteiger partial charge in [-0.1, -0.05) is 23.8 Å². The quantitative estimate of drug-likeness (QED) is 0.603. The van der Waals surface area contributed by atoms with E-state index in [0.717, 1.165) is 22.8 Å². The number of hydrogen-bond acceptors (Lipinski definition) is 4. The summed E-state index contributed by atoms with van der Waals surface area (Å²) in [4.78, 5) is 22.8. The third-order valence-electron chi connectivity index (χ3n) is 2.82. The maximum Gasteiger partial charge on any atom is 0.334 e. The molecule has 0 aromatic heterocycles. The predicted octanol–water partition coefficient (Wildman–Crippen LogP) is 2.30. The van der Waals surface area contributed by atoms with E-state index < -0.39 is 5.97 Å². The lowest BCUT2D eigenvalue weighted by Gasteiger charge is -2.08. The van der Waals surface area contributed by atoms with Crippen LogP contribution in [-0.4, -0.2) is 18.9 Å². The first-order chi connectivity index (χ1) is 9.01. The average molecular weight is 258 g/mol. The molecular formula is C15H14O4. The van der Waals surface area contributed by atoms with Crippen molar-refractivity contribution in [1.29, 1.82) is 0 Å². The van der Waals surface area contributed by atoms with Crippen molar-refractivity contribution in [3.05, 3.63) is 52.8 Å². The molecule has 98 valence electrons. The highest BCUT2D eigenvalue weighted by atomic mass is 16.5. The van der Waals surface area contributed by atoms with Crippen LogP contribution in [0.2, 0.25) is 0 Å². The van der Waals surface area contributed by atoms with Gasteiger partial charge in [-0.3, -0.25) is 4.79 Å². The van der Waals surface area contributed by atoms with Crippen LogP contribution in [0.3, 0.4) is 0 Å². The van der Waals surface area contributed by atoms with E-state index in [-0.39, 0.29) is 11.5 Å². The Bertz CT molecular complexity index is 609. The lowest BCUT2D eigenvalue weighted by molar-refractivity contribution is -0.135. The van der Waals surface area contributed by atoms with E-state index >= 15 is 0 Å². The fourth-order valence-corrected chi connectivity index (χ4v) is 1.88. The van der Waals surface area contributed by atoms with Crippen LogP contribution >= 0.6 is 0 Å². The second-order valence-corrected chi connectivity index (χ2v) is 4.33. The van der Waals surface area contributed by atoms with Crippen molar-refractivity contribution >= 4 is 17.5 Å². The van der Waals surface area contributed by atoms with Gasteiger partial charge in [0.05, 0.1) is 13.2 Å². The fourth-order valence-electron chi connectivity index (χ4n) is 1.88. The van der Waals surface area contributed by atoms with Crippen LogP contribution in [0.5, 0.6) is 0 Å². The van der Waals surface area contributed by atoms with E-state index in [1.54, 1.807) is 0 Å². The van der Waals surface area contributed by atoms with Crippen molar-refractivity contribution in [3.8, 4) is 0 Å². The average Bonchev–Trinajstić information content (AvgIpc) is 2.70. The van der Waals surface area contributed by atoms with Gasteiger partial charge in [-0.25, -0.2) is 4.79 Å². The van der Waals surface area contributed by atoms with Crippen molar-refractivity contribution < 1.29 is 19.1 Å². The lowest BCUT2D eigenvalue weighted by Crippen LogP contribution is -2.01. The molecule has 19 heavy (non-hydrogen) atoms. The first-order valence-corrected chi connectivity index (χ1v) is 5.82. The van der Waals surface area contributed by atoms with E-state index in [0.29, 0.717) is 5.76 Å². The number of carbonyl (C=O) groups excluding carboxylic acids is 2. The van der Waals surface area contributed by atoms with Crippen LogP contribution in [0.1, 0.15) is 16.7 Å². The van der Waals surface area contributed by atoms with Gasteiger partial charge in [0.25, 0.3) is 0 Å². The highest BCUT2D eigenvalue weighted by molar-refractivity contribution is 6.12. The maximum atomic E-state index is 11.7. The number of carbonyl (C=O) groups is 2. The van der Waals surface area contributed by atoms with Crippen LogP contribution in [0, 0.1) is 13.8 Å². The number of allylic oxidation sites excluding steroid dienone is 1. The second kappa shape index (κ2) is 5.10. The summed E-state index contributed by atoms with van der Waals surface area (Å²) in [6, 6.07) is 5.84. The first-order valence-electron chi connectivity index (χ1n) is 5.82. The number of benzene rings is 1. The summed E-state index contributed by atoms with van der Waals surface area (Å²) in [7, 11) is 1.25. The molecule has 0 atom stereocenters. The molecule has 1 aromatic rings. The molecule has 0 saturated heterocycles. The molecule has 2 rings (SSSR count). The molecule has 0 saturated carbocycles. The highest BCUT2D eigenvalue weighted by Gasteiger charge is 2.23. The minimum absolute atomic E-state index is 0.0122. The van der Waals surface area contributed by atoms with Crippen LogP contribution in [0.4, 0.5) is 0 Å². The smallest absolute Gasteiger partial charge is 0.334 e. The van der Waals surface area contributed by atoms with Crippen LogP contribution < -0.4 is 0 Å². The van der Waals surface area contributed by atoms with Crippen molar-refractivity contribution in [3.63, 3.8) is 0 Å². The monoisotopic (exact) mass is 258 g/mol. The van der Waals surface area contributed by atoms with Gasteiger partial charge in [-0.05, 0) is 19.4 Å². The molecule has 0 fully saturated rings. The Morgan fingerprint density at radius 3 is 2.68 bits per heavy atom. The Balaban J connectivity index is 2.30. The van der Waals surface area contributed by atoms with Gasteiger partial charge in [0.15, 0.2) is 5.76 Å². The molecule has 0 radical (unpaired) electrons. The molecule has 0 aliphatic carbocycles. The van der Waals surface area contributed by atoms with Gasteiger partial charge in [-0.2, -0.15) is 0 Å². The van der Waals surface area contributed by atoms with E-state index in [1.165, 1.54) is 13.2 Å². The predicted molar refractivity (Wildman–Crippen MR) is 70.1 cm³/mol. The van der Waals surface area contributed by atoms with E-state index in [2.05, 4.69) is 4.74 Å². The molecule has 0 unspecified atom stereocenters. The van der Waals surface area contributed by atoms with Gasteiger partial charge in [0.1, 0.15) is 5.76 Å². The summed E-state index contributed by atoms with van der Waals surface area (Å²) < 4.78 is 9.89. The minimum atomic E-state index is -0.612. The summed E-state index contributed by atoms with van der Waals surface area (Å²) >= 11 is 0. The highest BCUT2D eigenvalue weighted by Crippen LogP contribution is 2.29. The van der Waals surface area contributed by atoms with E-state index in [9.17, 15) is 9.59 Å². The number of ketones is 1. The van der Waals surface area contributed by atoms with Crippen LogP contribution in [0.15, 0.2) is 36.1 Å². The summed E-state index contributed by atoms with van der Waals surface area (Å²) in [5, 5.41) is 0. The van der Waals surface area contributed by atoms with Crippen molar-refractivity contribution in [1.82, 2.24) is 0 Å². The molecular weight excluding hydrogens is 244 g/mol. The maximum absolute atomic E-state index is 11.7. The summed E-state index contributed by atoms with van der Waals surface area (Å²) in [6.45, 7) is 3.94. The lowest BCUT2D eigenvalue weighted by atomic mass is 10.0. The van der Waals surface area contributed by atoms with Gasteiger partial charge in [0.2, 0.25) is 5.78 Å². The number of methoxy groups -OCH3 is 1. The standard InChI is InChI=1S/C15H14O4/c1-9-4-5-11(10(2)6-9)13-7-12(16)14(19-13)8-15(17)18-3/h4-8H,1-3H3/b14-8-. The fraction of sp³-hybridized carbons (Fsp3) is 0.200.